The van der Waals surface area contributed by atoms with Gasteiger partial charge in [0.1, 0.15) is 18.2 Å². The molecule has 0 unspecified atom stereocenters. The van der Waals surface area contributed by atoms with Crippen molar-refractivity contribution in [1.82, 2.24) is 24.5 Å². The average molecular weight is 566 g/mol. The highest BCUT2D eigenvalue weighted by atomic mass is 16.5. The number of fused-ring (bicyclic) bond motifs is 1. The number of hydrogen-bond donors (Lipinski definition) is 1. The minimum atomic E-state index is -0.905. The highest BCUT2D eigenvalue weighted by molar-refractivity contribution is 5.79. The van der Waals surface area contributed by atoms with Crippen LogP contribution in [-0.2, 0) is 24.4 Å². The zero-order valence-corrected chi connectivity index (χ0v) is 24.4. The fourth-order valence-corrected chi connectivity index (χ4v) is 5.08. The van der Waals surface area contributed by atoms with Crippen LogP contribution in [0.3, 0.4) is 0 Å². The van der Waals surface area contributed by atoms with Crippen molar-refractivity contribution in [2.24, 2.45) is 5.41 Å². The third-order valence-corrected chi connectivity index (χ3v) is 7.87. The van der Waals surface area contributed by atoms with Crippen LogP contribution >= 0.6 is 0 Å². The molecule has 0 saturated heterocycles. The summed E-state index contributed by atoms with van der Waals surface area (Å²) < 4.78 is 13.3. The lowest BCUT2D eigenvalue weighted by atomic mass is 9.79. The number of imidazole rings is 1. The number of methoxy groups -OCH3 is 1. The Hall–Kier alpha value is -4.79. The van der Waals surface area contributed by atoms with E-state index in [2.05, 4.69) is 31.7 Å². The zero-order chi connectivity index (χ0) is 29.7. The molecule has 2 aromatic carbocycles. The molecule has 0 saturated carbocycles. The van der Waals surface area contributed by atoms with E-state index >= 15 is 0 Å². The first-order chi connectivity index (χ1) is 20.3. The summed E-state index contributed by atoms with van der Waals surface area (Å²) >= 11 is 0. The molecular weight excluding hydrogens is 530 g/mol. The standard InChI is InChI=1S/C33H35N5O4/c1-5-33(6-2,31(39)40)16-30-37-28-13-12-27(42-21-26-11-10-22(3)17-34-26)15-29(28)38(30)20-23-8-7-9-24(14-23)25-18-35-32(41-4)36-19-25/h7-15,17-19H,5-6,16,20-21H2,1-4H3,(H,39,40). The van der Waals surface area contributed by atoms with Gasteiger partial charge in [-0.2, -0.15) is 0 Å². The maximum atomic E-state index is 12.4. The third-order valence-electron chi connectivity index (χ3n) is 7.87. The Balaban J connectivity index is 1.52. The van der Waals surface area contributed by atoms with Crippen molar-refractivity contribution < 1.29 is 19.4 Å². The molecule has 5 rings (SSSR count). The van der Waals surface area contributed by atoms with Crippen molar-refractivity contribution in [3.05, 3.63) is 95.8 Å². The van der Waals surface area contributed by atoms with Crippen LogP contribution in [0.1, 0.15) is 49.3 Å². The van der Waals surface area contributed by atoms with Gasteiger partial charge in [0.2, 0.25) is 0 Å². The molecule has 1 N–H and O–H groups in total. The van der Waals surface area contributed by atoms with Crippen LogP contribution in [0.5, 0.6) is 11.8 Å². The summed E-state index contributed by atoms with van der Waals surface area (Å²) in [6.07, 6.45) is 6.63. The van der Waals surface area contributed by atoms with Gasteiger partial charge in [0.15, 0.2) is 0 Å². The first kappa shape index (κ1) is 28.7. The summed E-state index contributed by atoms with van der Waals surface area (Å²) in [6, 6.07) is 18.2. The van der Waals surface area contributed by atoms with Crippen LogP contribution in [0.2, 0.25) is 0 Å². The first-order valence-corrected chi connectivity index (χ1v) is 14.1. The number of aliphatic carboxylic acids is 1. The molecule has 9 heteroatoms. The Labute approximate surface area is 245 Å². The average Bonchev–Trinajstić information content (AvgIpc) is 3.35. The van der Waals surface area contributed by atoms with Crippen molar-refractivity contribution >= 4 is 17.0 Å². The Bertz CT molecular complexity index is 1680. The summed E-state index contributed by atoms with van der Waals surface area (Å²) in [4.78, 5) is 30.3. The van der Waals surface area contributed by atoms with Crippen molar-refractivity contribution in [3.8, 4) is 22.9 Å². The highest BCUT2D eigenvalue weighted by Crippen LogP contribution is 2.34. The van der Waals surface area contributed by atoms with Crippen LogP contribution < -0.4 is 9.47 Å². The van der Waals surface area contributed by atoms with E-state index in [1.807, 2.05) is 69.4 Å². The third kappa shape index (κ3) is 6.10. The SMILES string of the molecule is CCC(CC)(Cc1nc2ccc(OCc3ccc(C)cn3)cc2n1Cc1cccc(-c2cnc(OC)nc2)c1)C(=O)O. The molecular formula is C33H35N5O4. The van der Waals surface area contributed by atoms with Crippen LogP contribution in [0.15, 0.2) is 73.2 Å². The molecule has 0 radical (unpaired) electrons. The number of aromatic nitrogens is 5. The molecule has 42 heavy (non-hydrogen) atoms. The van der Waals surface area contributed by atoms with Crippen LogP contribution in [-0.4, -0.2) is 42.7 Å². The lowest BCUT2D eigenvalue weighted by Crippen LogP contribution is -2.33. The molecule has 9 nitrogen and oxygen atoms in total. The van der Waals surface area contributed by atoms with E-state index in [-0.39, 0.29) is 0 Å². The van der Waals surface area contributed by atoms with Gasteiger partial charge in [-0.25, -0.2) is 15.0 Å². The number of ether oxygens (including phenoxy) is 2. The molecule has 5 aromatic rings. The van der Waals surface area contributed by atoms with E-state index in [1.165, 1.54) is 7.11 Å². The van der Waals surface area contributed by atoms with Crippen molar-refractivity contribution in [3.63, 3.8) is 0 Å². The predicted molar refractivity (Wildman–Crippen MR) is 161 cm³/mol. The van der Waals surface area contributed by atoms with Crippen molar-refractivity contribution in [1.29, 1.82) is 0 Å². The number of benzene rings is 2. The largest absolute Gasteiger partial charge is 0.487 e. The van der Waals surface area contributed by atoms with Gasteiger partial charge in [0.05, 0.1) is 29.3 Å². The number of carboxylic acids is 1. The second-order valence-corrected chi connectivity index (χ2v) is 10.5. The fraction of sp³-hybridized carbons (Fsp3) is 0.303. The lowest BCUT2D eigenvalue weighted by Gasteiger charge is -2.26. The van der Waals surface area contributed by atoms with Crippen molar-refractivity contribution in [2.75, 3.05) is 7.11 Å². The van der Waals surface area contributed by atoms with Gasteiger partial charge in [0.25, 0.3) is 0 Å². The van der Waals surface area contributed by atoms with Gasteiger partial charge in [-0.15, -0.1) is 0 Å². The van der Waals surface area contributed by atoms with E-state index < -0.39 is 11.4 Å². The number of pyridine rings is 1. The fourth-order valence-electron chi connectivity index (χ4n) is 5.08. The Morgan fingerprint density at radius 2 is 1.74 bits per heavy atom. The second kappa shape index (κ2) is 12.4. The summed E-state index contributed by atoms with van der Waals surface area (Å²) in [5.74, 6) is 0.617. The van der Waals surface area contributed by atoms with Gasteiger partial charge < -0.3 is 19.1 Å². The van der Waals surface area contributed by atoms with E-state index in [4.69, 9.17) is 14.5 Å². The van der Waals surface area contributed by atoms with Crippen LogP contribution in [0.4, 0.5) is 0 Å². The predicted octanol–water partition coefficient (Wildman–Crippen LogP) is 6.27. The van der Waals surface area contributed by atoms with Crippen LogP contribution in [0, 0.1) is 12.3 Å². The maximum Gasteiger partial charge on any atom is 0.316 e. The normalized spacial score (nSPS) is 11.5. The molecule has 0 aliphatic rings. The minimum absolute atomic E-state index is 0.314. The van der Waals surface area contributed by atoms with E-state index in [9.17, 15) is 9.90 Å². The molecule has 3 aromatic heterocycles. The lowest BCUT2D eigenvalue weighted by molar-refractivity contribution is -0.149. The molecule has 0 fully saturated rings. The minimum Gasteiger partial charge on any atom is -0.487 e. The van der Waals surface area contributed by atoms with Gasteiger partial charge in [-0.1, -0.05) is 38.1 Å². The van der Waals surface area contributed by atoms with Gasteiger partial charge in [0, 0.05) is 43.2 Å². The monoisotopic (exact) mass is 565 g/mol. The second-order valence-electron chi connectivity index (χ2n) is 10.5. The number of rotatable bonds is 12. The Morgan fingerprint density at radius 3 is 2.40 bits per heavy atom. The van der Waals surface area contributed by atoms with Gasteiger partial charge in [-0.05, 0) is 60.7 Å². The summed E-state index contributed by atoms with van der Waals surface area (Å²) in [7, 11) is 1.54. The Morgan fingerprint density at radius 1 is 0.952 bits per heavy atom. The molecule has 3 heterocycles. The Kier molecular flexibility index (Phi) is 8.47. The number of hydrogen-bond acceptors (Lipinski definition) is 7. The number of carboxylic acid groups (broad SMARTS) is 1. The molecule has 216 valence electrons. The smallest absolute Gasteiger partial charge is 0.316 e. The molecule has 0 bridgehead atoms. The number of aryl methyl sites for hydroxylation is 1. The zero-order valence-electron chi connectivity index (χ0n) is 24.4. The van der Waals surface area contributed by atoms with Gasteiger partial charge >= 0.3 is 12.0 Å². The van der Waals surface area contributed by atoms with E-state index in [1.54, 1.807) is 12.4 Å². The van der Waals surface area contributed by atoms with E-state index in [0.717, 1.165) is 44.8 Å². The molecule has 0 atom stereocenters. The quantitative estimate of drug-likeness (QED) is 0.188. The van der Waals surface area contributed by atoms with E-state index in [0.29, 0.717) is 44.2 Å². The number of carbonyl (C=O) groups is 1. The van der Waals surface area contributed by atoms with Crippen LogP contribution in [0.25, 0.3) is 22.2 Å². The summed E-state index contributed by atoms with van der Waals surface area (Å²) in [6.45, 7) is 6.70. The van der Waals surface area contributed by atoms with Crippen molar-refractivity contribution in [2.45, 2.75) is 53.2 Å². The number of nitrogens with zero attached hydrogens (tertiary/aromatic N) is 5. The maximum absolute atomic E-state index is 12.4. The molecule has 0 amide bonds. The first-order valence-electron chi connectivity index (χ1n) is 14.1. The van der Waals surface area contributed by atoms with Gasteiger partial charge in [-0.3, -0.25) is 9.78 Å². The topological polar surface area (TPSA) is 112 Å². The molecule has 0 aliphatic heterocycles. The molecule has 0 spiro atoms. The highest BCUT2D eigenvalue weighted by Gasteiger charge is 2.37. The molecule has 0 aliphatic carbocycles. The summed E-state index contributed by atoms with van der Waals surface area (Å²) in [5, 5.41) is 10.2. The summed E-state index contributed by atoms with van der Waals surface area (Å²) in [5.41, 5.74) is 5.57.